The molecule has 184 valence electrons. The smallest absolute Gasteiger partial charge is 0.407 e. The highest BCUT2D eigenvalue weighted by molar-refractivity contribution is 6.03. The van der Waals surface area contributed by atoms with Crippen LogP contribution >= 0.6 is 0 Å². The van der Waals surface area contributed by atoms with Crippen LogP contribution in [-0.4, -0.2) is 21.3 Å². The Morgan fingerprint density at radius 3 is 2.53 bits per heavy atom. The molecule has 1 atom stereocenters. The fourth-order valence-corrected chi connectivity index (χ4v) is 3.88. The molecule has 0 aliphatic rings. The summed E-state index contributed by atoms with van der Waals surface area (Å²) in [5, 5.41) is 16.6. The molecule has 10 heteroatoms. The number of hydrogen-bond acceptors (Lipinski definition) is 6. The van der Waals surface area contributed by atoms with Gasteiger partial charge in [0, 0.05) is 19.0 Å². The van der Waals surface area contributed by atoms with Crippen LogP contribution in [0.4, 0.5) is 11.4 Å². The van der Waals surface area contributed by atoms with Crippen LogP contribution in [0.1, 0.15) is 41.7 Å². The van der Waals surface area contributed by atoms with Gasteiger partial charge in [-0.1, -0.05) is 42.5 Å². The number of hydrogen-bond donors (Lipinski definition) is 2. The van der Waals surface area contributed by atoms with E-state index >= 15 is 0 Å². The van der Waals surface area contributed by atoms with E-state index in [1.807, 2.05) is 37.3 Å². The number of aromatic nitrogens is 1. The number of aryl methyl sites for hydroxylation is 1. The van der Waals surface area contributed by atoms with Gasteiger partial charge < -0.3 is 15.1 Å². The van der Waals surface area contributed by atoms with Gasteiger partial charge in [-0.05, 0) is 37.1 Å². The summed E-state index contributed by atoms with van der Waals surface area (Å²) in [6, 6.07) is 20.0. The van der Waals surface area contributed by atoms with Crippen molar-refractivity contribution >= 4 is 34.3 Å². The normalized spacial score (nSPS) is 11.7. The molecule has 0 saturated carbocycles. The second-order valence-electron chi connectivity index (χ2n) is 8.23. The summed E-state index contributed by atoms with van der Waals surface area (Å²) in [5.74, 6) is -1.28. The van der Waals surface area contributed by atoms with E-state index in [1.165, 1.54) is 22.8 Å². The van der Waals surface area contributed by atoms with Crippen molar-refractivity contribution in [3.8, 4) is 0 Å². The molecule has 2 N–H and O–H groups in total. The molecular weight excluding hydrogens is 464 g/mol. The molecule has 0 aliphatic heterocycles. The Hall–Kier alpha value is -4.73. The van der Waals surface area contributed by atoms with Crippen LogP contribution in [0.3, 0.4) is 0 Å². The Morgan fingerprint density at radius 2 is 1.78 bits per heavy atom. The molecule has 1 aromatic heterocycles. The van der Waals surface area contributed by atoms with Gasteiger partial charge in [0.05, 0.1) is 33.8 Å². The van der Waals surface area contributed by atoms with Crippen LogP contribution in [0, 0.1) is 10.1 Å². The number of carbonyl (C=O) groups is 2. The zero-order valence-corrected chi connectivity index (χ0v) is 19.5. The Morgan fingerprint density at radius 1 is 1.06 bits per heavy atom. The summed E-state index contributed by atoms with van der Waals surface area (Å²) in [6.45, 7) is 2.07. The van der Waals surface area contributed by atoms with Gasteiger partial charge in [-0.15, -0.1) is 0 Å². The zero-order chi connectivity index (χ0) is 25.7. The maximum absolute atomic E-state index is 12.9. The van der Waals surface area contributed by atoms with Crippen molar-refractivity contribution < 1.29 is 18.9 Å². The van der Waals surface area contributed by atoms with Crippen LogP contribution in [0.25, 0.3) is 11.1 Å². The topological polar surface area (TPSA) is 136 Å². The van der Waals surface area contributed by atoms with Gasteiger partial charge in [-0.2, -0.15) is 0 Å². The number of amides is 2. The minimum Gasteiger partial charge on any atom is -0.407 e. The van der Waals surface area contributed by atoms with Crippen LogP contribution in [0.2, 0.25) is 0 Å². The first-order chi connectivity index (χ1) is 17.3. The van der Waals surface area contributed by atoms with Crippen LogP contribution in [-0.2, 0) is 11.3 Å². The summed E-state index contributed by atoms with van der Waals surface area (Å²) < 4.78 is 6.44. The van der Waals surface area contributed by atoms with Crippen molar-refractivity contribution in [3.63, 3.8) is 0 Å². The predicted molar refractivity (Wildman–Crippen MR) is 134 cm³/mol. The van der Waals surface area contributed by atoms with E-state index in [0.717, 1.165) is 5.56 Å². The summed E-state index contributed by atoms with van der Waals surface area (Å²) in [6.07, 6.45) is 0.402. The third-order valence-corrected chi connectivity index (χ3v) is 5.74. The molecular formula is C26H24N4O6. The third-order valence-electron chi connectivity index (χ3n) is 5.74. The van der Waals surface area contributed by atoms with Gasteiger partial charge in [0.15, 0.2) is 5.58 Å². The molecule has 2 amide bonds. The first kappa shape index (κ1) is 24.4. The Labute approximate surface area is 205 Å². The van der Waals surface area contributed by atoms with E-state index in [9.17, 15) is 24.5 Å². The maximum atomic E-state index is 12.9. The second-order valence-corrected chi connectivity index (χ2v) is 8.23. The highest BCUT2D eigenvalue weighted by atomic mass is 16.6. The van der Waals surface area contributed by atoms with Crippen LogP contribution in [0.15, 0.2) is 82.0 Å². The van der Waals surface area contributed by atoms with E-state index in [0.29, 0.717) is 23.2 Å². The molecule has 0 bridgehead atoms. The molecule has 4 rings (SSSR count). The monoisotopic (exact) mass is 488 g/mol. The number of nitro benzene ring substituents is 1. The number of nitrogens with zero attached hydrogens (tertiary/aromatic N) is 2. The number of nitrogens with one attached hydrogen (secondary N) is 2. The maximum Gasteiger partial charge on any atom is 0.419 e. The largest absolute Gasteiger partial charge is 0.419 e. The molecule has 3 aromatic carbocycles. The Kier molecular flexibility index (Phi) is 7.24. The van der Waals surface area contributed by atoms with Crippen molar-refractivity contribution in [2.24, 2.45) is 0 Å². The SMILES string of the molecule is CC(NC(=O)c1ccccc1NC(=O)CCCn1c(=O)oc2cc([N+](=O)[O-])ccc21)c1ccccc1. The number of rotatable bonds is 9. The predicted octanol–water partition coefficient (Wildman–Crippen LogP) is 4.41. The molecule has 36 heavy (non-hydrogen) atoms. The van der Waals surface area contributed by atoms with E-state index in [-0.39, 0.29) is 42.1 Å². The zero-order valence-electron chi connectivity index (χ0n) is 19.5. The van der Waals surface area contributed by atoms with Gasteiger partial charge in [0.25, 0.3) is 11.6 Å². The Balaban J connectivity index is 1.37. The average Bonchev–Trinajstić information content (AvgIpc) is 3.19. The molecule has 0 radical (unpaired) electrons. The lowest BCUT2D eigenvalue weighted by Crippen LogP contribution is -2.28. The number of anilines is 1. The standard InChI is InChI=1S/C26H24N4O6/c1-17(18-8-3-2-4-9-18)27-25(32)20-10-5-6-11-21(20)28-24(31)12-7-15-29-22-14-13-19(30(34)35)16-23(22)36-26(29)33/h2-6,8-11,13-14,16-17H,7,12,15H2,1H3,(H,27,32)(H,28,31). The van der Waals surface area contributed by atoms with Gasteiger partial charge in [-0.25, -0.2) is 4.79 Å². The minimum atomic E-state index is -0.652. The number of fused-ring (bicyclic) bond motifs is 1. The summed E-state index contributed by atoms with van der Waals surface area (Å²) in [5.41, 5.74) is 2.04. The van der Waals surface area contributed by atoms with E-state index in [1.54, 1.807) is 24.3 Å². The summed E-state index contributed by atoms with van der Waals surface area (Å²) in [4.78, 5) is 48.0. The van der Waals surface area contributed by atoms with Crippen LogP contribution in [0.5, 0.6) is 0 Å². The quantitative estimate of drug-likeness (QED) is 0.264. The molecule has 10 nitrogen and oxygen atoms in total. The van der Waals surface area contributed by atoms with Crippen molar-refractivity contribution in [1.82, 2.24) is 9.88 Å². The first-order valence-electron chi connectivity index (χ1n) is 11.4. The first-order valence-corrected chi connectivity index (χ1v) is 11.4. The minimum absolute atomic E-state index is 0.0858. The van der Waals surface area contributed by atoms with E-state index < -0.39 is 10.7 Å². The van der Waals surface area contributed by atoms with E-state index in [4.69, 9.17) is 4.42 Å². The van der Waals surface area contributed by atoms with Gasteiger partial charge >= 0.3 is 5.76 Å². The molecule has 0 spiro atoms. The number of carbonyl (C=O) groups excluding carboxylic acids is 2. The second kappa shape index (κ2) is 10.7. The van der Waals surface area contributed by atoms with Crippen molar-refractivity contribution in [2.75, 3.05) is 5.32 Å². The lowest BCUT2D eigenvalue weighted by atomic mass is 10.1. The lowest BCUT2D eigenvalue weighted by Gasteiger charge is -2.16. The number of nitro groups is 1. The third kappa shape index (κ3) is 5.49. The fraction of sp³-hybridized carbons (Fsp3) is 0.192. The molecule has 0 fully saturated rings. The van der Waals surface area contributed by atoms with E-state index in [2.05, 4.69) is 10.6 Å². The van der Waals surface area contributed by atoms with Crippen molar-refractivity contribution in [1.29, 1.82) is 0 Å². The molecule has 1 heterocycles. The number of benzene rings is 3. The average molecular weight is 489 g/mol. The van der Waals surface area contributed by atoms with Crippen molar-refractivity contribution in [3.05, 3.63) is 105 Å². The lowest BCUT2D eigenvalue weighted by molar-refractivity contribution is -0.384. The van der Waals surface area contributed by atoms with Gasteiger partial charge in [0.1, 0.15) is 0 Å². The molecule has 4 aromatic rings. The van der Waals surface area contributed by atoms with Crippen LogP contribution < -0.4 is 16.4 Å². The highest BCUT2D eigenvalue weighted by Gasteiger charge is 2.17. The summed E-state index contributed by atoms with van der Waals surface area (Å²) in [7, 11) is 0. The molecule has 0 saturated heterocycles. The van der Waals surface area contributed by atoms with Gasteiger partial charge in [-0.3, -0.25) is 24.3 Å². The number of oxazole rings is 1. The summed E-state index contributed by atoms with van der Waals surface area (Å²) >= 11 is 0. The molecule has 0 aliphatic carbocycles. The molecule has 1 unspecified atom stereocenters. The highest BCUT2D eigenvalue weighted by Crippen LogP contribution is 2.21. The van der Waals surface area contributed by atoms with Gasteiger partial charge in [0.2, 0.25) is 5.91 Å². The number of non-ortho nitro benzene ring substituents is 1. The fourth-order valence-electron chi connectivity index (χ4n) is 3.88. The number of para-hydroxylation sites is 1. The van der Waals surface area contributed by atoms with Crippen molar-refractivity contribution in [2.45, 2.75) is 32.4 Å². The Bertz CT molecular complexity index is 1470.